The van der Waals surface area contributed by atoms with Gasteiger partial charge in [0.1, 0.15) is 0 Å². The Labute approximate surface area is 101 Å². The Morgan fingerprint density at radius 3 is 2.41 bits per heavy atom. The van der Waals surface area contributed by atoms with Crippen LogP contribution >= 0.6 is 0 Å². The number of ether oxygens (including phenoxy) is 1. The van der Waals surface area contributed by atoms with Crippen molar-refractivity contribution in [3.8, 4) is 0 Å². The van der Waals surface area contributed by atoms with Crippen molar-refractivity contribution in [3.63, 3.8) is 0 Å². The average molecular weight is 241 g/mol. The number of nitrogens with zero attached hydrogens (tertiary/aromatic N) is 1. The number of carbonyl (C=O) groups excluding carboxylic acids is 1. The summed E-state index contributed by atoms with van der Waals surface area (Å²) in [4.78, 5) is 24.7. The Morgan fingerprint density at radius 1 is 1.35 bits per heavy atom. The lowest BCUT2D eigenvalue weighted by Gasteiger charge is -2.35. The van der Waals surface area contributed by atoms with E-state index in [1.165, 1.54) is 0 Å². The van der Waals surface area contributed by atoms with Crippen LogP contribution in [0.4, 0.5) is 0 Å². The summed E-state index contributed by atoms with van der Waals surface area (Å²) in [5, 5.41) is 8.95. The number of aliphatic carboxylic acids is 1. The van der Waals surface area contributed by atoms with Gasteiger partial charge in [0.05, 0.1) is 12.6 Å². The number of hydrogen-bond donors (Lipinski definition) is 1. The first kappa shape index (κ1) is 12.4. The van der Waals surface area contributed by atoms with Gasteiger partial charge in [-0.05, 0) is 18.8 Å². The molecule has 1 saturated heterocycles. The van der Waals surface area contributed by atoms with E-state index in [-0.39, 0.29) is 29.9 Å². The number of amides is 1. The van der Waals surface area contributed by atoms with E-state index in [0.717, 1.165) is 6.42 Å². The van der Waals surface area contributed by atoms with Crippen molar-refractivity contribution in [2.45, 2.75) is 39.4 Å². The molecule has 0 aromatic heterocycles. The summed E-state index contributed by atoms with van der Waals surface area (Å²) in [6.45, 7) is 6.59. The van der Waals surface area contributed by atoms with Gasteiger partial charge in [-0.15, -0.1) is 0 Å². The Morgan fingerprint density at radius 2 is 1.94 bits per heavy atom. The number of morpholine rings is 1. The number of carboxylic acid groups (broad SMARTS) is 1. The maximum Gasteiger partial charge on any atom is 0.334 e. The van der Waals surface area contributed by atoms with Gasteiger partial charge in [-0.2, -0.15) is 0 Å². The fourth-order valence-corrected chi connectivity index (χ4v) is 2.38. The highest BCUT2D eigenvalue weighted by Gasteiger charge is 2.52. The fraction of sp³-hybridized carbons (Fsp3) is 0.833. The minimum atomic E-state index is -0.996. The van der Waals surface area contributed by atoms with Crippen LogP contribution in [0.15, 0.2) is 0 Å². The lowest BCUT2D eigenvalue weighted by atomic mass is 10.1. The van der Waals surface area contributed by atoms with E-state index in [1.807, 2.05) is 0 Å². The smallest absolute Gasteiger partial charge is 0.334 e. The van der Waals surface area contributed by atoms with Crippen LogP contribution in [0.1, 0.15) is 27.2 Å². The molecule has 1 aliphatic carbocycles. The third kappa shape index (κ3) is 2.44. The van der Waals surface area contributed by atoms with E-state index in [2.05, 4.69) is 13.8 Å². The van der Waals surface area contributed by atoms with E-state index >= 15 is 0 Å². The molecule has 1 N–H and O–H groups in total. The van der Waals surface area contributed by atoms with Crippen LogP contribution in [0.2, 0.25) is 0 Å². The monoisotopic (exact) mass is 241 g/mol. The molecular weight excluding hydrogens is 222 g/mol. The van der Waals surface area contributed by atoms with Gasteiger partial charge in [0.2, 0.25) is 5.91 Å². The number of hydrogen-bond acceptors (Lipinski definition) is 3. The van der Waals surface area contributed by atoms with E-state index in [1.54, 1.807) is 11.8 Å². The van der Waals surface area contributed by atoms with Gasteiger partial charge in [0.25, 0.3) is 0 Å². The molecule has 2 rings (SSSR count). The van der Waals surface area contributed by atoms with E-state index in [9.17, 15) is 9.59 Å². The van der Waals surface area contributed by atoms with Gasteiger partial charge in [-0.3, -0.25) is 4.79 Å². The Bertz CT molecular complexity index is 352. The van der Waals surface area contributed by atoms with Gasteiger partial charge < -0.3 is 14.7 Å². The van der Waals surface area contributed by atoms with Crippen LogP contribution in [0.5, 0.6) is 0 Å². The lowest BCUT2D eigenvalue weighted by molar-refractivity contribution is -0.167. The van der Waals surface area contributed by atoms with E-state index < -0.39 is 12.1 Å². The first-order chi connectivity index (χ1) is 7.81. The molecule has 0 aromatic rings. The zero-order valence-electron chi connectivity index (χ0n) is 10.5. The molecule has 0 spiro atoms. The summed E-state index contributed by atoms with van der Waals surface area (Å²) >= 11 is 0. The molecule has 1 heterocycles. The topological polar surface area (TPSA) is 66.8 Å². The highest BCUT2D eigenvalue weighted by Crippen LogP contribution is 2.52. The number of carbonyl (C=O) groups is 2. The van der Waals surface area contributed by atoms with Gasteiger partial charge in [0.15, 0.2) is 6.10 Å². The zero-order chi connectivity index (χ0) is 12.8. The number of rotatable bonds is 2. The molecule has 1 aliphatic heterocycles. The first-order valence-corrected chi connectivity index (χ1v) is 5.98. The standard InChI is InChI=1S/C12H19NO4/c1-7-5-13(6-9(17-7)11(15)16)10(14)8-4-12(8,2)3/h7-9H,4-6H2,1-3H3,(H,15,16)/t7-,8?,9?/m1/s1. The summed E-state index contributed by atoms with van der Waals surface area (Å²) in [6, 6.07) is 0. The molecule has 2 unspecified atom stereocenters. The molecule has 1 amide bonds. The fourth-order valence-electron chi connectivity index (χ4n) is 2.38. The second kappa shape index (κ2) is 3.98. The van der Waals surface area contributed by atoms with Gasteiger partial charge in [-0.25, -0.2) is 4.79 Å². The molecule has 2 fully saturated rings. The molecule has 17 heavy (non-hydrogen) atoms. The molecule has 96 valence electrons. The Hall–Kier alpha value is -1.10. The largest absolute Gasteiger partial charge is 0.479 e. The molecule has 5 heteroatoms. The van der Waals surface area contributed by atoms with Crippen LogP contribution in [0.25, 0.3) is 0 Å². The second-order valence-electron chi connectivity index (χ2n) is 5.76. The summed E-state index contributed by atoms with van der Waals surface area (Å²) in [6.07, 6.45) is -0.199. The molecule has 5 nitrogen and oxygen atoms in total. The van der Waals surface area contributed by atoms with Crippen LogP contribution in [0.3, 0.4) is 0 Å². The minimum absolute atomic E-state index is 0.0576. The van der Waals surface area contributed by atoms with Crippen molar-refractivity contribution in [3.05, 3.63) is 0 Å². The van der Waals surface area contributed by atoms with Crippen LogP contribution in [-0.2, 0) is 14.3 Å². The maximum atomic E-state index is 12.2. The van der Waals surface area contributed by atoms with Crippen molar-refractivity contribution in [2.24, 2.45) is 11.3 Å². The minimum Gasteiger partial charge on any atom is -0.479 e. The van der Waals surface area contributed by atoms with Crippen molar-refractivity contribution in [1.82, 2.24) is 4.90 Å². The normalized spacial score (nSPS) is 35.5. The quantitative estimate of drug-likeness (QED) is 0.774. The van der Waals surface area contributed by atoms with Crippen molar-refractivity contribution in [2.75, 3.05) is 13.1 Å². The van der Waals surface area contributed by atoms with Crippen molar-refractivity contribution >= 4 is 11.9 Å². The summed E-state index contributed by atoms with van der Waals surface area (Å²) in [5.41, 5.74) is 0.0807. The van der Waals surface area contributed by atoms with Gasteiger partial charge in [-0.1, -0.05) is 13.8 Å². The zero-order valence-corrected chi connectivity index (χ0v) is 10.5. The highest BCUT2D eigenvalue weighted by atomic mass is 16.5. The predicted octanol–water partition coefficient (Wildman–Crippen LogP) is 0.733. The molecule has 0 bridgehead atoms. The predicted molar refractivity (Wildman–Crippen MR) is 60.4 cm³/mol. The van der Waals surface area contributed by atoms with Crippen LogP contribution in [0, 0.1) is 11.3 Å². The summed E-state index contributed by atoms with van der Waals surface area (Å²) in [5.74, 6) is -0.858. The highest BCUT2D eigenvalue weighted by molar-refractivity contribution is 5.83. The molecular formula is C12H19NO4. The molecule has 3 atom stereocenters. The van der Waals surface area contributed by atoms with Gasteiger partial charge >= 0.3 is 5.97 Å². The third-order valence-electron chi connectivity index (χ3n) is 3.66. The van der Waals surface area contributed by atoms with E-state index in [0.29, 0.717) is 6.54 Å². The Kier molecular flexibility index (Phi) is 2.89. The summed E-state index contributed by atoms with van der Waals surface area (Å²) in [7, 11) is 0. The molecule has 0 radical (unpaired) electrons. The van der Waals surface area contributed by atoms with Crippen LogP contribution < -0.4 is 0 Å². The Balaban J connectivity index is 2.01. The third-order valence-corrected chi connectivity index (χ3v) is 3.66. The molecule has 2 aliphatic rings. The van der Waals surface area contributed by atoms with Crippen LogP contribution in [-0.4, -0.2) is 47.2 Å². The molecule has 0 aromatic carbocycles. The maximum absolute atomic E-state index is 12.2. The van der Waals surface area contributed by atoms with Crippen molar-refractivity contribution in [1.29, 1.82) is 0 Å². The summed E-state index contributed by atoms with van der Waals surface area (Å²) < 4.78 is 5.29. The molecule has 1 saturated carbocycles. The lowest BCUT2D eigenvalue weighted by Crippen LogP contribution is -2.52. The number of carboxylic acids is 1. The van der Waals surface area contributed by atoms with E-state index in [4.69, 9.17) is 9.84 Å². The average Bonchev–Trinajstić information content (AvgIpc) is 2.85. The van der Waals surface area contributed by atoms with Crippen molar-refractivity contribution < 1.29 is 19.4 Å². The first-order valence-electron chi connectivity index (χ1n) is 5.98. The second-order valence-corrected chi connectivity index (χ2v) is 5.76. The SMILES string of the molecule is C[C@@H]1CN(C(=O)C2CC2(C)C)CC(C(=O)O)O1. The van der Waals surface area contributed by atoms with Gasteiger partial charge in [0, 0.05) is 12.5 Å².